The molecule has 0 radical (unpaired) electrons. The molecule has 0 aromatic carbocycles. The van der Waals surface area contributed by atoms with Crippen molar-refractivity contribution >= 4 is 11.9 Å². The molecular weight excluding hydrogens is 167 g/mol. The number of esters is 1. The zero-order valence-electron chi connectivity index (χ0n) is 6.91. The third-order valence-electron chi connectivity index (χ3n) is 0.563. The van der Waals surface area contributed by atoms with Crippen LogP contribution in [0.5, 0.6) is 0 Å². The van der Waals surface area contributed by atoms with Gasteiger partial charge in [0.05, 0.1) is 13.8 Å². The van der Waals surface area contributed by atoms with Gasteiger partial charge in [-0.1, -0.05) is 0 Å². The van der Waals surface area contributed by atoms with Gasteiger partial charge in [0.1, 0.15) is 0 Å². The van der Waals surface area contributed by atoms with E-state index in [1.807, 2.05) is 0 Å². The maximum atomic E-state index is 10.3. The van der Waals surface area contributed by atoms with Crippen molar-refractivity contribution in [3.8, 4) is 0 Å². The van der Waals surface area contributed by atoms with Crippen LogP contribution in [0.1, 0.15) is 6.92 Å². The number of carbonyl (C=O) groups excluding carboxylic acids is 1. The van der Waals surface area contributed by atoms with Gasteiger partial charge in [0.2, 0.25) is 0 Å². The lowest BCUT2D eigenvalue weighted by molar-refractivity contribution is -0.136. The topological polar surface area (TPSA) is 63.6 Å². The van der Waals surface area contributed by atoms with Gasteiger partial charge in [-0.25, -0.2) is 9.59 Å². The molecule has 0 heterocycles. The smallest absolute Gasteiger partial charge is 0.330 e. The first kappa shape index (κ1) is 13.2. The number of methoxy groups -OCH3 is 1. The molecule has 0 unspecified atom stereocenters. The lowest BCUT2D eigenvalue weighted by Crippen LogP contribution is -1.96. The van der Waals surface area contributed by atoms with Crippen LogP contribution in [0.25, 0.3) is 0 Å². The van der Waals surface area contributed by atoms with Gasteiger partial charge in [-0.05, 0) is 6.92 Å². The minimum absolute atomic E-state index is 0.250. The molecule has 1 N–H and O–H groups in total. The molecule has 70 valence electrons. The van der Waals surface area contributed by atoms with Gasteiger partial charge in [0.25, 0.3) is 0 Å². The van der Waals surface area contributed by atoms with E-state index in [4.69, 9.17) is 5.11 Å². The number of rotatable bonds is 2. The molecular formula is C7H11FO4. The Morgan fingerprint density at radius 3 is 2.17 bits per heavy atom. The second-order valence-corrected chi connectivity index (χ2v) is 1.46. The average Bonchev–Trinajstić information content (AvgIpc) is 2.01. The molecule has 0 rings (SSSR count). The fourth-order valence-electron chi connectivity index (χ4n) is 0.207. The van der Waals surface area contributed by atoms with E-state index in [0.29, 0.717) is 6.08 Å². The summed E-state index contributed by atoms with van der Waals surface area (Å²) in [6.45, 7) is 1.21. The highest BCUT2D eigenvalue weighted by Gasteiger charge is 1.91. The van der Waals surface area contributed by atoms with Crippen molar-refractivity contribution in [1.29, 1.82) is 0 Å². The van der Waals surface area contributed by atoms with Gasteiger partial charge >= 0.3 is 11.9 Å². The van der Waals surface area contributed by atoms with E-state index < -0.39 is 11.9 Å². The number of hydrogen-bond donors (Lipinski definition) is 1. The molecule has 0 saturated heterocycles. The van der Waals surface area contributed by atoms with E-state index in [2.05, 4.69) is 4.74 Å². The summed E-state index contributed by atoms with van der Waals surface area (Å²) in [7, 11) is 1.18. The minimum Gasteiger partial charge on any atom is -0.478 e. The molecule has 0 aromatic rings. The lowest BCUT2D eigenvalue weighted by atomic mass is 10.5. The zero-order chi connectivity index (χ0) is 9.98. The van der Waals surface area contributed by atoms with Crippen molar-refractivity contribution in [3.05, 3.63) is 12.2 Å². The lowest BCUT2D eigenvalue weighted by Gasteiger charge is -1.85. The monoisotopic (exact) mass is 178 g/mol. The SMILES string of the molecule is CCF.COC(=O)/C=C/C(=O)O. The van der Waals surface area contributed by atoms with Crippen molar-refractivity contribution in [2.24, 2.45) is 0 Å². The molecule has 0 aromatic heterocycles. The molecule has 0 aliphatic heterocycles. The molecule has 5 heteroatoms. The number of hydrogen-bond acceptors (Lipinski definition) is 3. The van der Waals surface area contributed by atoms with Gasteiger partial charge in [-0.2, -0.15) is 0 Å². The highest BCUT2D eigenvalue weighted by atomic mass is 19.1. The molecule has 0 fully saturated rings. The molecule has 0 spiro atoms. The quantitative estimate of drug-likeness (QED) is 0.501. The predicted octanol–water partition coefficient (Wildman–Crippen LogP) is 0.776. The van der Waals surface area contributed by atoms with E-state index in [0.717, 1.165) is 6.08 Å². The molecule has 0 atom stereocenters. The van der Waals surface area contributed by atoms with Crippen LogP contribution >= 0.6 is 0 Å². The highest BCUT2D eigenvalue weighted by Crippen LogP contribution is 1.76. The van der Waals surface area contributed by atoms with E-state index in [-0.39, 0.29) is 6.67 Å². The summed E-state index contributed by atoms with van der Waals surface area (Å²) in [5, 5.41) is 7.96. The molecule has 12 heavy (non-hydrogen) atoms. The molecule has 0 saturated carbocycles. The number of carboxylic acids is 1. The largest absolute Gasteiger partial charge is 0.478 e. The van der Waals surface area contributed by atoms with Crippen molar-refractivity contribution in [1.82, 2.24) is 0 Å². The summed E-state index contributed by atoms with van der Waals surface area (Å²) in [5.41, 5.74) is 0. The molecule has 0 bridgehead atoms. The Labute approximate surface area is 69.6 Å². The van der Waals surface area contributed by atoms with Gasteiger partial charge in [-0.3, -0.25) is 4.39 Å². The van der Waals surface area contributed by atoms with Gasteiger partial charge in [0.15, 0.2) is 0 Å². The molecule has 0 aliphatic rings. The first-order valence-corrected chi connectivity index (χ1v) is 3.13. The molecule has 0 aliphatic carbocycles. The van der Waals surface area contributed by atoms with Crippen LogP contribution in [0.15, 0.2) is 12.2 Å². The average molecular weight is 178 g/mol. The summed E-state index contributed by atoms with van der Waals surface area (Å²) in [6.07, 6.45) is 1.55. The predicted molar refractivity (Wildman–Crippen MR) is 40.4 cm³/mol. The van der Waals surface area contributed by atoms with Crippen LogP contribution in [0.3, 0.4) is 0 Å². The fourth-order valence-corrected chi connectivity index (χ4v) is 0.207. The molecule has 0 amide bonds. The first-order chi connectivity index (χ1) is 5.58. The number of carboxylic acid groups (broad SMARTS) is 1. The first-order valence-electron chi connectivity index (χ1n) is 3.13. The fraction of sp³-hybridized carbons (Fsp3) is 0.429. The summed E-state index contributed by atoms with van der Waals surface area (Å²) in [6, 6.07) is 0. The van der Waals surface area contributed by atoms with Gasteiger partial charge in [-0.15, -0.1) is 0 Å². The van der Waals surface area contributed by atoms with Crippen LogP contribution in [-0.4, -0.2) is 30.8 Å². The van der Waals surface area contributed by atoms with Crippen molar-refractivity contribution < 1.29 is 23.8 Å². The Balaban J connectivity index is 0. The zero-order valence-corrected chi connectivity index (χ0v) is 6.91. The minimum atomic E-state index is -1.17. The van der Waals surface area contributed by atoms with Crippen LogP contribution in [0.2, 0.25) is 0 Å². The summed E-state index contributed by atoms with van der Waals surface area (Å²) in [4.78, 5) is 19.9. The number of ether oxygens (including phenoxy) is 1. The third-order valence-corrected chi connectivity index (χ3v) is 0.563. The number of halogens is 1. The van der Waals surface area contributed by atoms with Crippen molar-refractivity contribution in [2.75, 3.05) is 13.8 Å². The number of aliphatic carboxylic acids is 1. The van der Waals surface area contributed by atoms with E-state index >= 15 is 0 Å². The third kappa shape index (κ3) is 15.8. The second-order valence-electron chi connectivity index (χ2n) is 1.46. The van der Waals surface area contributed by atoms with Crippen molar-refractivity contribution in [3.63, 3.8) is 0 Å². The number of alkyl halides is 1. The summed E-state index contributed by atoms with van der Waals surface area (Å²) in [5.74, 6) is -1.84. The van der Waals surface area contributed by atoms with Gasteiger partial charge < -0.3 is 9.84 Å². The normalized spacial score (nSPS) is 8.58. The number of carbonyl (C=O) groups is 2. The summed E-state index contributed by atoms with van der Waals surface area (Å²) >= 11 is 0. The Bertz CT molecular complexity index is 165. The maximum Gasteiger partial charge on any atom is 0.330 e. The Morgan fingerprint density at radius 2 is 1.92 bits per heavy atom. The van der Waals surface area contributed by atoms with E-state index in [1.165, 1.54) is 14.0 Å². The van der Waals surface area contributed by atoms with Crippen LogP contribution < -0.4 is 0 Å². The second kappa shape index (κ2) is 9.61. The Hall–Kier alpha value is -1.39. The standard InChI is InChI=1S/C5H6O4.C2H5F/c1-9-5(8)3-2-4(6)7;1-2-3/h2-3H,1H3,(H,6,7);2H2,1H3/b3-2+;. The van der Waals surface area contributed by atoms with Crippen LogP contribution in [0, 0.1) is 0 Å². The maximum absolute atomic E-state index is 10.3. The molecule has 4 nitrogen and oxygen atoms in total. The van der Waals surface area contributed by atoms with Gasteiger partial charge in [0, 0.05) is 12.2 Å². The van der Waals surface area contributed by atoms with Crippen LogP contribution in [-0.2, 0) is 14.3 Å². The Kier molecular flexibility index (Phi) is 10.6. The van der Waals surface area contributed by atoms with Crippen LogP contribution in [0.4, 0.5) is 4.39 Å². The summed E-state index contributed by atoms with van der Waals surface area (Å²) < 4.78 is 14.4. The van der Waals surface area contributed by atoms with E-state index in [1.54, 1.807) is 0 Å². The van der Waals surface area contributed by atoms with E-state index in [9.17, 15) is 14.0 Å². The van der Waals surface area contributed by atoms with Crippen molar-refractivity contribution in [2.45, 2.75) is 6.92 Å². The Morgan fingerprint density at radius 1 is 1.50 bits per heavy atom. The highest BCUT2D eigenvalue weighted by molar-refractivity contribution is 5.90.